The molecule has 0 radical (unpaired) electrons. The van der Waals surface area contributed by atoms with Crippen molar-refractivity contribution >= 4 is 33.0 Å². The molecule has 1 heterocycles. The molecule has 102 valence electrons. The molecule has 0 saturated carbocycles. The van der Waals surface area contributed by atoms with Gasteiger partial charge in [-0.15, -0.1) is 22.9 Å². The van der Waals surface area contributed by atoms with Gasteiger partial charge in [0.1, 0.15) is 11.6 Å². The molecule has 0 aliphatic carbocycles. The van der Waals surface area contributed by atoms with Crippen molar-refractivity contribution in [3.63, 3.8) is 0 Å². The summed E-state index contributed by atoms with van der Waals surface area (Å²) in [6.45, 7) is 1.60. The summed E-state index contributed by atoms with van der Waals surface area (Å²) in [6.07, 6.45) is 0. The van der Waals surface area contributed by atoms with Crippen LogP contribution in [-0.2, 0) is 0 Å². The van der Waals surface area contributed by atoms with Gasteiger partial charge in [-0.05, 0) is 40.9 Å². The first-order valence-electron chi connectivity index (χ1n) is 6.14. The van der Waals surface area contributed by atoms with E-state index < -0.39 is 17.0 Å². The fraction of sp³-hybridized carbons (Fsp3) is 0.125. The van der Waals surface area contributed by atoms with E-state index in [2.05, 4.69) is 0 Å². The Morgan fingerprint density at radius 3 is 2.65 bits per heavy atom. The minimum atomic E-state index is -0.828. The molecule has 1 aromatic heterocycles. The second-order valence-corrected chi connectivity index (χ2v) is 5.99. The SMILES string of the molecule is Cc1ccc(F)c(C(Cl)c2csc3ccccc23)c1F. The molecule has 0 spiro atoms. The van der Waals surface area contributed by atoms with Crippen LogP contribution in [0.25, 0.3) is 10.1 Å². The Bertz CT molecular complexity index is 779. The average Bonchev–Trinajstić information content (AvgIpc) is 2.87. The molecule has 0 amide bonds. The van der Waals surface area contributed by atoms with Crippen molar-refractivity contribution in [2.45, 2.75) is 12.3 Å². The lowest BCUT2D eigenvalue weighted by atomic mass is 10.0. The Kier molecular flexibility index (Phi) is 3.48. The van der Waals surface area contributed by atoms with Gasteiger partial charge in [-0.3, -0.25) is 0 Å². The molecule has 3 rings (SSSR count). The summed E-state index contributed by atoms with van der Waals surface area (Å²) in [5.74, 6) is -1.18. The highest BCUT2D eigenvalue weighted by Crippen LogP contribution is 2.39. The number of aryl methyl sites for hydroxylation is 1. The van der Waals surface area contributed by atoms with E-state index in [-0.39, 0.29) is 5.56 Å². The number of thiophene rings is 1. The topological polar surface area (TPSA) is 0 Å². The second-order valence-electron chi connectivity index (χ2n) is 4.64. The monoisotopic (exact) mass is 308 g/mol. The van der Waals surface area contributed by atoms with Crippen LogP contribution >= 0.6 is 22.9 Å². The lowest BCUT2D eigenvalue weighted by molar-refractivity contribution is 0.554. The minimum Gasteiger partial charge on any atom is -0.207 e. The van der Waals surface area contributed by atoms with Crippen LogP contribution in [0.15, 0.2) is 41.8 Å². The molecular formula is C16H11ClF2S. The predicted molar refractivity (Wildman–Crippen MR) is 80.6 cm³/mol. The lowest BCUT2D eigenvalue weighted by Crippen LogP contribution is -2.02. The smallest absolute Gasteiger partial charge is 0.134 e. The van der Waals surface area contributed by atoms with Gasteiger partial charge in [0.25, 0.3) is 0 Å². The molecule has 0 nitrogen and oxygen atoms in total. The van der Waals surface area contributed by atoms with Crippen LogP contribution in [-0.4, -0.2) is 0 Å². The van der Waals surface area contributed by atoms with Crippen molar-refractivity contribution in [2.24, 2.45) is 0 Å². The average molecular weight is 309 g/mol. The summed E-state index contributed by atoms with van der Waals surface area (Å²) >= 11 is 7.88. The van der Waals surface area contributed by atoms with Crippen LogP contribution in [0.1, 0.15) is 22.1 Å². The van der Waals surface area contributed by atoms with E-state index in [1.165, 1.54) is 23.5 Å². The van der Waals surface area contributed by atoms with Crippen LogP contribution in [0.5, 0.6) is 0 Å². The van der Waals surface area contributed by atoms with Gasteiger partial charge in [0, 0.05) is 10.3 Å². The first-order valence-corrected chi connectivity index (χ1v) is 7.46. The van der Waals surface area contributed by atoms with E-state index in [0.717, 1.165) is 15.6 Å². The molecule has 0 N–H and O–H groups in total. The summed E-state index contributed by atoms with van der Waals surface area (Å²) in [7, 11) is 0. The van der Waals surface area contributed by atoms with E-state index in [0.29, 0.717) is 5.56 Å². The zero-order valence-electron chi connectivity index (χ0n) is 10.7. The van der Waals surface area contributed by atoms with Crippen molar-refractivity contribution in [3.05, 3.63) is 70.1 Å². The fourth-order valence-corrected chi connectivity index (χ4v) is 3.70. The van der Waals surface area contributed by atoms with Crippen molar-refractivity contribution in [1.82, 2.24) is 0 Å². The summed E-state index contributed by atoms with van der Waals surface area (Å²) in [5.41, 5.74) is 1.07. The number of halogens is 3. The molecule has 0 bridgehead atoms. The first-order chi connectivity index (χ1) is 9.59. The van der Waals surface area contributed by atoms with Crippen molar-refractivity contribution in [2.75, 3.05) is 0 Å². The molecular weight excluding hydrogens is 298 g/mol. The Morgan fingerprint density at radius 1 is 1.10 bits per heavy atom. The van der Waals surface area contributed by atoms with Gasteiger partial charge in [0.15, 0.2) is 0 Å². The quantitative estimate of drug-likeness (QED) is 0.524. The van der Waals surface area contributed by atoms with Crippen LogP contribution in [0.4, 0.5) is 8.78 Å². The van der Waals surface area contributed by atoms with E-state index in [9.17, 15) is 8.78 Å². The number of rotatable bonds is 2. The van der Waals surface area contributed by atoms with Crippen molar-refractivity contribution in [1.29, 1.82) is 0 Å². The highest BCUT2D eigenvalue weighted by Gasteiger charge is 2.23. The highest BCUT2D eigenvalue weighted by molar-refractivity contribution is 7.17. The van der Waals surface area contributed by atoms with E-state index >= 15 is 0 Å². The van der Waals surface area contributed by atoms with E-state index in [1.54, 1.807) is 6.92 Å². The van der Waals surface area contributed by atoms with Gasteiger partial charge in [0.2, 0.25) is 0 Å². The zero-order chi connectivity index (χ0) is 14.3. The lowest BCUT2D eigenvalue weighted by Gasteiger charge is -2.13. The number of hydrogen-bond acceptors (Lipinski definition) is 1. The zero-order valence-corrected chi connectivity index (χ0v) is 12.2. The number of benzene rings is 2. The normalized spacial score (nSPS) is 12.8. The van der Waals surface area contributed by atoms with Gasteiger partial charge >= 0.3 is 0 Å². The molecule has 3 aromatic rings. The van der Waals surface area contributed by atoms with Crippen LogP contribution in [0.2, 0.25) is 0 Å². The molecule has 0 aliphatic heterocycles. The Hall–Kier alpha value is -1.45. The largest absolute Gasteiger partial charge is 0.207 e. The highest BCUT2D eigenvalue weighted by atomic mass is 35.5. The maximum absolute atomic E-state index is 14.2. The summed E-state index contributed by atoms with van der Waals surface area (Å²) in [6, 6.07) is 10.4. The van der Waals surface area contributed by atoms with Crippen LogP contribution in [0.3, 0.4) is 0 Å². The van der Waals surface area contributed by atoms with Gasteiger partial charge in [-0.1, -0.05) is 24.3 Å². The van der Waals surface area contributed by atoms with Crippen LogP contribution in [0, 0.1) is 18.6 Å². The van der Waals surface area contributed by atoms with E-state index in [4.69, 9.17) is 11.6 Å². The van der Waals surface area contributed by atoms with Crippen LogP contribution < -0.4 is 0 Å². The minimum absolute atomic E-state index is 0.0739. The Balaban J connectivity index is 2.18. The number of hydrogen-bond donors (Lipinski definition) is 0. The summed E-state index contributed by atoms with van der Waals surface area (Å²) < 4.78 is 29.2. The van der Waals surface area contributed by atoms with Crippen molar-refractivity contribution in [3.8, 4) is 0 Å². The molecule has 1 atom stereocenters. The van der Waals surface area contributed by atoms with Gasteiger partial charge < -0.3 is 0 Å². The van der Waals surface area contributed by atoms with E-state index in [1.807, 2.05) is 29.6 Å². The molecule has 20 heavy (non-hydrogen) atoms. The maximum atomic E-state index is 14.2. The Labute approximate surface area is 124 Å². The Morgan fingerprint density at radius 2 is 1.85 bits per heavy atom. The molecule has 1 unspecified atom stereocenters. The third kappa shape index (κ3) is 2.11. The first kappa shape index (κ1) is 13.5. The maximum Gasteiger partial charge on any atom is 0.134 e. The van der Waals surface area contributed by atoms with Gasteiger partial charge in [-0.2, -0.15) is 0 Å². The van der Waals surface area contributed by atoms with Crippen molar-refractivity contribution < 1.29 is 8.78 Å². The van der Waals surface area contributed by atoms with Gasteiger partial charge in [-0.25, -0.2) is 8.78 Å². The molecule has 0 fully saturated rings. The second kappa shape index (κ2) is 5.15. The number of alkyl halides is 1. The predicted octanol–water partition coefficient (Wildman–Crippen LogP) is 5.82. The molecule has 0 saturated heterocycles. The molecule has 0 aliphatic rings. The number of fused-ring (bicyclic) bond motifs is 1. The summed E-state index contributed by atoms with van der Waals surface area (Å²) in [4.78, 5) is 0. The standard InChI is InChI=1S/C16H11ClF2S/c1-9-6-7-12(18)14(16(9)19)15(17)11-8-20-13-5-3-2-4-10(11)13/h2-8,15H,1H3. The third-order valence-electron chi connectivity index (χ3n) is 3.36. The van der Waals surface area contributed by atoms with Gasteiger partial charge in [0.05, 0.1) is 5.38 Å². The summed E-state index contributed by atoms with van der Waals surface area (Å²) in [5, 5.41) is 1.98. The fourth-order valence-electron chi connectivity index (χ4n) is 2.26. The third-order valence-corrected chi connectivity index (χ3v) is 4.79. The molecule has 4 heteroatoms. The molecule has 2 aromatic carbocycles.